The molecule has 1 nitrogen and oxygen atoms in total. The molecule has 17 heavy (non-hydrogen) atoms. The Morgan fingerprint density at radius 1 is 1.06 bits per heavy atom. The lowest BCUT2D eigenvalue weighted by atomic mass is 9.75. The van der Waals surface area contributed by atoms with Crippen LogP contribution in [0.25, 0.3) is 0 Å². The monoisotopic (exact) mass is 232 g/mol. The van der Waals surface area contributed by atoms with Gasteiger partial charge in [-0.1, -0.05) is 56.5 Å². The van der Waals surface area contributed by atoms with Crippen LogP contribution in [0.1, 0.15) is 57.4 Å². The molecular weight excluding hydrogens is 208 g/mol. The summed E-state index contributed by atoms with van der Waals surface area (Å²) in [7, 11) is 0. The Morgan fingerprint density at radius 2 is 1.82 bits per heavy atom. The van der Waals surface area contributed by atoms with Crippen molar-refractivity contribution in [3.05, 3.63) is 35.9 Å². The minimum absolute atomic E-state index is 0.0630. The number of benzene rings is 1. The molecule has 0 amide bonds. The van der Waals surface area contributed by atoms with Crippen LogP contribution >= 0.6 is 0 Å². The molecule has 0 saturated heterocycles. The zero-order valence-corrected chi connectivity index (χ0v) is 11.0. The van der Waals surface area contributed by atoms with E-state index in [4.69, 9.17) is 4.74 Å². The van der Waals surface area contributed by atoms with Crippen LogP contribution < -0.4 is 0 Å². The summed E-state index contributed by atoms with van der Waals surface area (Å²) in [5.74, 6) is 0. The molecular formula is C16H24O. The fourth-order valence-corrected chi connectivity index (χ4v) is 2.55. The standard InChI is InChI=1S/C16H24O/c1-2-3-4-8-14-17-16(12-9-13-16)15-10-6-5-7-11-15/h5-7,10-11H,2-4,8-9,12-14H2,1H3. The molecule has 1 saturated carbocycles. The molecule has 94 valence electrons. The fraction of sp³-hybridized carbons (Fsp3) is 0.625. The van der Waals surface area contributed by atoms with Crippen molar-refractivity contribution in [1.29, 1.82) is 0 Å². The molecule has 1 aliphatic carbocycles. The van der Waals surface area contributed by atoms with Gasteiger partial charge in [-0.25, -0.2) is 0 Å². The molecule has 0 aromatic heterocycles. The van der Waals surface area contributed by atoms with Gasteiger partial charge in [0.25, 0.3) is 0 Å². The van der Waals surface area contributed by atoms with Crippen molar-refractivity contribution >= 4 is 0 Å². The number of ether oxygens (including phenoxy) is 1. The molecule has 1 heteroatoms. The quantitative estimate of drug-likeness (QED) is 0.621. The number of unbranched alkanes of at least 4 members (excludes halogenated alkanes) is 3. The maximum absolute atomic E-state index is 6.20. The SMILES string of the molecule is CCCCCCOC1(c2ccccc2)CCC1. The predicted octanol–water partition coefficient (Wildman–Crippen LogP) is 4.66. The van der Waals surface area contributed by atoms with Crippen LogP contribution in [0, 0.1) is 0 Å². The molecule has 0 N–H and O–H groups in total. The van der Waals surface area contributed by atoms with Crippen molar-refractivity contribution in [3.63, 3.8) is 0 Å². The Hall–Kier alpha value is -0.820. The van der Waals surface area contributed by atoms with E-state index in [0.717, 1.165) is 6.61 Å². The summed E-state index contributed by atoms with van der Waals surface area (Å²) in [4.78, 5) is 0. The molecule has 0 bridgehead atoms. The highest BCUT2D eigenvalue weighted by atomic mass is 16.5. The molecule has 1 aromatic rings. The third-order valence-corrected chi connectivity index (χ3v) is 3.84. The first-order valence-corrected chi connectivity index (χ1v) is 7.07. The number of hydrogen-bond acceptors (Lipinski definition) is 1. The van der Waals surface area contributed by atoms with Gasteiger partial charge < -0.3 is 4.74 Å². The molecule has 0 radical (unpaired) electrons. The van der Waals surface area contributed by atoms with Gasteiger partial charge in [0, 0.05) is 6.61 Å². The molecule has 1 aromatic carbocycles. The largest absolute Gasteiger partial charge is 0.370 e. The Kier molecular flexibility index (Phi) is 4.61. The Bertz CT molecular complexity index is 314. The van der Waals surface area contributed by atoms with E-state index in [1.165, 1.54) is 50.5 Å². The highest BCUT2D eigenvalue weighted by molar-refractivity contribution is 5.24. The van der Waals surface area contributed by atoms with Crippen molar-refractivity contribution in [2.75, 3.05) is 6.61 Å². The molecule has 1 fully saturated rings. The van der Waals surface area contributed by atoms with E-state index < -0.39 is 0 Å². The van der Waals surface area contributed by atoms with Gasteiger partial charge in [-0.15, -0.1) is 0 Å². The van der Waals surface area contributed by atoms with Crippen LogP contribution in [0.2, 0.25) is 0 Å². The van der Waals surface area contributed by atoms with Crippen molar-refractivity contribution < 1.29 is 4.74 Å². The van der Waals surface area contributed by atoms with Crippen LogP contribution in [-0.2, 0) is 10.3 Å². The second-order valence-electron chi connectivity index (χ2n) is 5.12. The topological polar surface area (TPSA) is 9.23 Å². The second kappa shape index (κ2) is 6.20. The first-order valence-electron chi connectivity index (χ1n) is 7.07. The Morgan fingerprint density at radius 3 is 2.41 bits per heavy atom. The van der Waals surface area contributed by atoms with Crippen molar-refractivity contribution in [1.82, 2.24) is 0 Å². The maximum Gasteiger partial charge on any atom is 0.0931 e. The van der Waals surface area contributed by atoms with E-state index in [9.17, 15) is 0 Å². The van der Waals surface area contributed by atoms with E-state index in [2.05, 4.69) is 37.3 Å². The van der Waals surface area contributed by atoms with Crippen LogP contribution in [0.5, 0.6) is 0 Å². The second-order valence-corrected chi connectivity index (χ2v) is 5.12. The maximum atomic E-state index is 6.20. The molecule has 0 atom stereocenters. The minimum Gasteiger partial charge on any atom is -0.370 e. The first-order chi connectivity index (χ1) is 8.37. The smallest absolute Gasteiger partial charge is 0.0931 e. The summed E-state index contributed by atoms with van der Waals surface area (Å²) < 4.78 is 6.20. The van der Waals surface area contributed by atoms with E-state index >= 15 is 0 Å². The average molecular weight is 232 g/mol. The third-order valence-electron chi connectivity index (χ3n) is 3.84. The van der Waals surface area contributed by atoms with Crippen molar-refractivity contribution in [2.24, 2.45) is 0 Å². The molecule has 0 aliphatic heterocycles. The molecule has 0 heterocycles. The Balaban J connectivity index is 1.84. The van der Waals surface area contributed by atoms with Gasteiger partial charge in [0.2, 0.25) is 0 Å². The molecule has 1 aliphatic rings. The van der Waals surface area contributed by atoms with Gasteiger partial charge in [0.1, 0.15) is 0 Å². The summed E-state index contributed by atoms with van der Waals surface area (Å²) in [5.41, 5.74) is 1.44. The lowest BCUT2D eigenvalue weighted by molar-refractivity contribution is -0.107. The average Bonchev–Trinajstić information content (AvgIpc) is 2.33. The van der Waals surface area contributed by atoms with Crippen LogP contribution in [0.4, 0.5) is 0 Å². The van der Waals surface area contributed by atoms with Crippen LogP contribution in [-0.4, -0.2) is 6.61 Å². The normalized spacial score (nSPS) is 17.7. The predicted molar refractivity (Wildman–Crippen MR) is 72.1 cm³/mol. The molecule has 0 unspecified atom stereocenters. The Labute approximate surface area is 105 Å². The summed E-state index contributed by atoms with van der Waals surface area (Å²) in [6, 6.07) is 10.7. The van der Waals surface area contributed by atoms with Gasteiger partial charge in [-0.05, 0) is 31.2 Å². The van der Waals surface area contributed by atoms with Crippen molar-refractivity contribution in [2.45, 2.75) is 57.5 Å². The fourth-order valence-electron chi connectivity index (χ4n) is 2.55. The van der Waals surface area contributed by atoms with E-state index in [1.54, 1.807) is 0 Å². The highest BCUT2D eigenvalue weighted by Crippen LogP contribution is 2.44. The van der Waals surface area contributed by atoms with Gasteiger partial charge in [-0.3, -0.25) is 0 Å². The van der Waals surface area contributed by atoms with Gasteiger partial charge >= 0.3 is 0 Å². The molecule has 2 rings (SSSR count). The molecule has 0 spiro atoms. The van der Waals surface area contributed by atoms with Gasteiger partial charge in [0.15, 0.2) is 0 Å². The van der Waals surface area contributed by atoms with E-state index in [1.807, 2.05) is 0 Å². The van der Waals surface area contributed by atoms with Crippen LogP contribution in [0.15, 0.2) is 30.3 Å². The summed E-state index contributed by atoms with van der Waals surface area (Å²) in [6.45, 7) is 3.17. The zero-order valence-electron chi connectivity index (χ0n) is 11.0. The highest BCUT2D eigenvalue weighted by Gasteiger charge is 2.39. The van der Waals surface area contributed by atoms with Gasteiger partial charge in [0.05, 0.1) is 5.60 Å². The first kappa shape index (κ1) is 12.6. The number of rotatable bonds is 7. The number of hydrogen-bond donors (Lipinski definition) is 0. The van der Waals surface area contributed by atoms with Crippen LogP contribution in [0.3, 0.4) is 0 Å². The summed E-state index contributed by atoms with van der Waals surface area (Å²) >= 11 is 0. The van der Waals surface area contributed by atoms with E-state index in [0.29, 0.717) is 0 Å². The summed E-state index contributed by atoms with van der Waals surface area (Å²) in [5, 5.41) is 0. The van der Waals surface area contributed by atoms with Crippen molar-refractivity contribution in [3.8, 4) is 0 Å². The van der Waals surface area contributed by atoms with E-state index in [-0.39, 0.29) is 5.60 Å². The zero-order chi connectivity index (χ0) is 12.0. The minimum atomic E-state index is 0.0630. The lowest BCUT2D eigenvalue weighted by Crippen LogP contribution is -2.37. The third kappa shape index (κ3) is 3.10. The summed E-state index contributed by atoms with van der Waals surface area (Å²) in [6.07, 6.45) is 8.86. The lowest BCUT2D eigenvalue weighted by Gasteiger charge is -2.42. The van der Waals surface area contributed by atoms with Gasteiger partial charge in [-0.2, -0.15) is 0 Å².